The molecular formula is C10H12O5. The fourth-order valence-corrected chi connectivity index (χ4v) is 1.77. The molecule has 0 amide bonds. The van der Waals surface area contributed by atoms with Crippen molar-refractivity contribution in [1.29, 1.82) is 0 Å². The second-order valence-corrected chi connectivity index (χ2v) is 4.21. The summed E-state index contributed by atoms with van der Waals surface area (Å²) in [5.74, 6) is -3.11. The molecule has 1 rings (SSSR count). The van der Waals surface area contributed by atoms with E-state index in [2.05, 4.69) is 0 Å². The van der Waals surface area contributed by atoms with Gasteiger partial charge in [-0.1, -0.05) is 6.92 Å². The van der Waals surface area contributed by atoms with Crippen LogP contribution in [0.25, 0.3) is 0 Å². The van der Waals surface area contributed by atoms with Gasteiger partial charge in [0.2, 0.25) is 0 Å². The van der Waals surface area contributed by atoms with Crippen LogP contribution in [0.5, 0.6) is 0 Å². The minimum absolute atomic E-state index is 0.0415. The van der Waals surface area contributed by atoms with E-state index >= 15 is 0 Å². The largest absolute Gasteiger partial charge is 0.481 e. The van der Waals surface area contributed by atoms with Crippen LogP contribution in [0.1, 0.15) is 26.2 Å². The summed E-state index contributed by atoms with van der Waals surface area (Å²) < 4.78 is 0. The summed E-state index contributed by atoms with van der Waals surface area (Å²) in [6, 6.07) is 0. The van der Waals surface area contributed by atoms with Gasteiger partial charge in [-0.15, -0.1) is 0 Å². The maximum absolute atomic E-state index is 11.5. The van der Waals surface area contributed by atoms with Gasteiger partial charge < -0.3 is 9.90 Å². The van der Waals surface area contributed by atoms with Crippen LogP contribution in [0.15, 0.2) is 0 Å². The van der Waals surface area contributed by atoms with Crippen LogP contribution < -0.4 is 0 Å². The Hall–Kier alpha value is -1.52. The molecule has 82 valence electrons. The van der Waals surface area contributed by atoms with Gasteiger partial charge in [-0.3, -0.25) is 14.4 Å². The topological polar surface area (TPSA) is 88.5 Å². The minimum atomic E-state index is -1.17. The van der Waals surface area contributed by atoms with Crippen molar-refractivity contribution in [2.75, 3.05) is 0 Å². The Morgan fingerprint density at radius 2 is 1.93 bits per heavy atom. The Bertz CT molecular complexity index is 313. The zero-order valence-electron chi connectivity index (χ0n) is 8.36. The van der Waals surface area contributed by atoms with E-state index in [-0.39, 0.29) is 12.8 Å². The molecular weight excluding hydrogens is 200 g/mol. The summed E-state index contributed by atoms with van der Waals surface area (Å²) in [7, 11) is 0. The first-order valence-corrected chi connectivity index (χ1v) is 4.61. The molecule has 0 spiro atoms. The molecule has 0 atom stereocenters. The first-order chi connectivity index (χ1) is 6.88. The molecule has 1 aliphatic rings. The van der Waals surface area contributed by atoms with Gasteiger partial charge in [0.1, 0.15) is 17.9 Å². The Labute approximate surface area is 86.5 Å². The standard InChI is InChI=1S/C10H12O5/c1-10(5-11)3-7(12)6(2-9(14)15)8(13)4-10/h5-6H,2-4H2,1H3,(H,14,15). The lowest BCUT2D eigenvalue weighted by Crippen LogP contribution is -2.40. The van der Waals surface area contributed by atoms with Crippen LogP contribution in [0.2, 0.25) is 0 Å². The van der Waals surface area contributed by atoms with Gasteiger partial charge >= 0.3 is 5.97 Å². The van der Waals surface area contributed by atoms with E-state index in [9.17, 15) is 19.2 Å². The number of carbonyl (C=O) groups is 4. The summed E-state index contributed by atoms with van der Waals surface area (Å²) >= 11 is 0. The van der Waals surface area contributed by atoms with Crippen LogP contribution >= 0.6 is 0 Å². The van der Waals surface area contributed by atoms with Crippen molar-refractivity contribution in [3.05, 3.63) is 0 Å². The summed E-state index contributed by atoms with van der Waals surface area (Å²) in [5.41, 5.74) is -0.941. The van der Waals surface area contributed by atoms with Crippen molar-refractivity contribution in [3.8, 4) is 0 Å². The number of carboxylic acids is 1. The third-order valence-corrected chi connectivity index (χ3v) is 2.60. The lowest BCUT2D eigenvalue weighted by molar-refractivity contribution is -0.149. The molecule has 1 N–H and O–H groups in total. The van der Waals surface area contributed by atoms with Crippen molar-refractivity contribution >= 4 is 23.8 Å². The Balaban J connectivity index is 2.82. The summed E-state index contributed by atoms with van der Waals surface area (Å²) in [6.07, 6.45) is 0.0484. The van der Waals surface area contributed by atoms with E-state index in [1.165, 1.54) is 6.92 Å². The number of aliphatic carboxylic acids is 1. The number of hydrogen-bond donors (Lipinski definition) is 1. The molecule has 0 saturated heterocycles. The maximum Gasteiger partial charge on any atom is 0.304 e. The zero-order valence-corrected chi connectivity index (χ0v) is 8.36. The van der Waals surface area contributed by atoms with Gasteiger partial charge in [0.15, 0.2) is 0 Å². The SMILES string of the molecule is CC1(C=O)CC(=O)C(CC(=O)O)C(=O)C1. The Kier molecular flexibility index (Phi) is 3.02. The van der Waals surface area contributed by atoms with Gasteiger partial charge in [-0.2, -0.15) is 0 Å². The predicted molar refractivity (Wildman–Crippen MR) is 49.2 cm³/mol. The average Bonchev–Trinajstić information content (AvgIpc) is 2.11. The van der Waals surface area contributed by atoms with Crippen molar-refractivity contribution < 1.29 is 24.3 Å². The Morgan fingerprint density at radius 1 is 1.47 bits per heavy atom. The number of hydrogen-bond acceptors (Lipinski definition) is 4. The first-order valence-electron chi connectivity index (χ1n) is 4.61. The molecule has 0 radical (unpaired) electrons. The van der Waals surface area contributed by atoms with Crippen molar-refractivity contribution in [1.82, 2.24) is 0 Å². The van der Waals surface area contributed by atoms with E-state index in [1.807, 2.05) is 0 Å². The molecule has 0 aromatic heterocycles. The minimum Gasteiger partial charge on any atom is -0.481 e. The monoisotopic (exact) mass is 212 g/mol. The molecule has 0 aliphatic heterocycles. The van der Waals surface area contributed by atoms with E-state index in [1.54, 1.807) is 0 Å². The molecule has 5 heteroatoms. The highest BCUT2D eigenvalue weighted by molar-refractivity contribution is 6.08. The number of carbonyl (C=O) groups excluding carboxylic acids is 3. The van der Waals surface area contributed by atoms with Crippen molar-refractivity contribution in [3.63, 3.8) is 0 Å². The molecule has 0 aromatic carbocycles. The van der Waals surface area contributed by atoms with Crippen molar-refractivity contribution in [2.45, 2.75) is 26.2 Å². The molecule has 0 heterocycles. The van der Waals surface area contributed by atoms with Crippen LogP contribution in [-0.4, -0.2) is 28.9 Å². The fraction of sp³-hybridized carbons (Fsp3) is 0.600. The van der Waals surface area contributed by atoms with Gasteiger partial charge in [-0.25, -0.2) is 0 Å². The molecule has 0 unspecified atom stereocenters. The van der Waals surface area contributed by atoms with Crippen LogP contribution in [0.3, 0.4) is 0 Å². The second kappa shape index (κ2) is 3.92. The summed E-state index contributed by atoms with van der Waals surface area (Å²) in [4.78, 5) is 44.0. The average molecular weight is 212 g/mol. The lowest BCUT2D eigenvalue weighted by atomic mass is 9.70. The third-order valence-electron chi connectivity index (χ3n) is 2.60. The first kappa shape index (κ1) is 11.6. The van der Waals surface area contributed by atoms with E-state index < -0.39 is 35.3 Å². The van der Waals surface area contributed by atoms with Crippen molar-refractivity contribution in [2.24, 2.45) is 11.3 Å². The number of aldehydes is 1. The van der Waals surface area contributed by atoms with Gasteiger partial charge in [-0.05, 0) is 0 Å². The van der Waals surface area contributed by atoms with E-state index in [0.717, 1.165) is 0 Å². The summed E-state index contributed by atoms with van der Waals surface area (Å²) in [6.45, 7) is 1.53. The third kappa shape index (κ3) is 2.49. The van der Waals surface area contributed by atoms with Crippen LogP contribution in [0, 0.1) is 11.3 Å². The van der Waals surface area contributed by atoms with Gasteiger partial charge in [0.25, 0.3) is 0 Å². The molecule has 1 fully saturated rings. The fourth-order valence-electron chi connectivity index (χ4n) is 1.77. The molecule has 5 nitrogen and oxygen atoms in total. The number of carboxylic acid groups (broad SMARTS) is 1. The summed E-state index contributed by atoms with van der Waals surface area (Å²) in [5, 5.41) is 8.51. The molecule has 1 aliphatic carbocycles. The second-order valence-electron chi connectivity index (χ2n) is 4.21. The van der Waals surface area contributed by atoms with Crippen LogP contribution in [0.4, 0.5) is 0 Å². The van der Waals surface area contributed by atoms with Crippen LogP contribution in [-0.2, 0) is 19.2 Å². The zero-order chi connectivity index (χ0) is 11.6. The molecule has 15 heavy (non-hydrogen) atoms. The predicted octanol–water partition coefficient (Wildman–Crippen LogP) is 0.214. The van der Waals surface area contributed by atoms with E-state index in [4.69, 9.17) is 5.11 Å². The quantitative estimate of drug-likeness (QED) is 0.533. The Morgan fingerprint density at radius 3 is 2.27 bits per heavy atom. The maximum atomic E-state index is 11.5. The lowest BCUT2D eigenvalue weighted by Gasteiger charge is -2.29. The smallest absolute Gasteiger partial charge is 0.304 e. The number of Topliss-reactive ketones (excluding diaryl/α,β-unsaturated/α-hetero) is 2. The highest BCUT2D eigenvalue weighted by atomic mass is 16.4. The number of ketones is 2. The highest BCUT2D eigenvalue weighted by Gasteiger charge is 2.42. The normalized spacial score (nSPS) is 31.4. The van der Waals surface area contributed by atoms with Gasteiger partial charge in [0.05, 0.1) is 12.3 Å². The van der Waals surface area contributed by atoms with E-state index in [0.29, 0.717) is 6.29 Å². The highest BCUT2D eigenvalue weighted by Crippen LogP contribution is 2.33. The molecule has 1 saturated carbocycles. The van der Waals surface area contributed by atoms with Gasteiger partial charge in [0, 0.05) is 18.3 Å². The molecule has 0 bridgehead atoms. The number of rotatable bonds is 3. The molecule has 0 aromatic rings.